The van der Waals surface area contributed by atoms with Gasteiger partial charge in [0.1, 0.15) is 11.3 Å². The molecule has 0 saturated carbocycles. The average Bonchev–Trinajstić information content (AvgIpc) is 2.97. The van der Waals surface area contributed by atoms with Crippen LogP contribution in [0.1, 0.15) is 23.7 Å². The quantitative estimate of drug-likeness (QED) is 0.774. The molecule has 1 saturated heterocycles. The molecule has 1 atom stereocenters. The summed E-state index contributed by atoms with van der Waals surface area (Å²) in [5, 5.41) is 0. The number of nitrogens with zero attached hydrogens (tertiary/aromatic N) is 1. The van der Waals surface area contributed by atoms with E-state index in [9.17, 15) is 13.2 Å². The first-order valence-corrected chi connectivity index (χ1v) is 8.68. The van der Waals surface area contributed by atoms with Gasteiger partial charge in [-0.2, -0.15) is 4.31 Å². The van der Waals surface area contributed by atoms with E-state index in [1.54, 1.807) is 0 Å². The SMILES string of the molecule is COC(=O)c1cc(S(=O)(=O)N2CCC(C)(CN)C2)ccc1OC.Cl. The summed E-state index contributed by atoms with van der Waals surface area (Å²) in [5.41, 5.74) is 5.60. The van der Waals surface area contributed by atoms with Crippen molar-refractivity contribution in [1.82, 2.24) is 4.31 Å². The van der Waals surface area contributed by atoms with Crippen molar-refractivity contribution in [2.75, 3.05) is 33.9 Å². The van der Waals surface area contributed by atoms with Gasteiger partial charge in [-0.05, 0) is 36.6 Å². The van der Waals surface area contributed by atoms with Crippen LogP contribution in [0.15, 0.2) is 23.1 Å². The minimum Gasteiger partial charge on any atom is -0.496 e. The molecule has 1 aliphatic heterocycles. The summed E-state index contributed by atoms with van der Waals surface area (Å²) in [6.07, 6.45) is 0.711. The molecule has 2 rings (SSSR count). The lowest BCUT2D eigenvalue weighted by Gasteiger charge is -2.22. The maximum absolute atomic E-state index is 12.8. The Labute approximate surface area is 148 Å². The number of hydrogen-bond donors (Lipinski definition) is 1. The molecule has 136 valence electrons. The predicted molar refractivity (Wildman–Crippen MR) is 92.1 cm³/mol. The summed E-state index contributed by atoms with van der Waals surface area (Å²) in [6.45, 7) is 3.17. The molecule has 0 bridgehead atoms. The summed E-state index contributed by atoms with van der Waals surface area (Å²) in [6, 6.07) is 4.17. The molecule has 1 aromatic carbocycles. The number of benzene rings is 1. The van der Waals surface area contributed by atoms with Crippen molar-refractivity contribution in [1.29, 1.82) is 0 Å². The third kappa shape index (κ3) is 3.83. The van der Waals surface area contributed by atoms with Crippen molar-refractivity contribution >= 4 is 28.4 Å². The van der Waals surface area contributed by atoms with E-state index in [-0.39, 0.29) is 34.0 Å². The highest BCUT2D eigenvalue weighted by molar-refractivity contribution is 7.89. The first-order valence-electron chi connectivity index (χ1n) is 7.24. The highest BCUT2D eigenvalue weighted by Gasteiger charge is 2.39. The Balaban J connectivity index is 0.00000288. The zero-order chi connectivity index (χ0) is 17.3. The Morgan fingerprint density at radius 3 is 2.54 bits per heavy atom. The number of ether oxygens (including phenoxy) is 2. The molecule has 2 N–H and O–H groups in total. The van der Waals surface area contributed by atoms with Gasteiger partial charge in [0.2, 0.25) is 10.0 Å². The lowest BCUT2D eigenvalue weighted by atomic mass is 9.90. The van der Waals surface area contributed by atoms with Crippen LogP contribution in [0.25, 0.3) is 0 Å². The minimum absolute atomic E-state index is 0. The number of carbonyl (C=O) groups excluding carboxylic acids is 1. The van der Waals surface area contributed by atoms with Crippen molar-refractivity contribution in [3.8, 4) is 5.75 Å². The normalized spacial score (nSPS) is 21.2. The lowest BCUT2D eigenvalue weighted by Crippen LogP contribution is -2.34. The Morgan fingerprint density at radius 1 is 1.38 bits per heavy atom. The lowest BCUT2D eigenvalue weighted by molar-refractivity contribution is 0.0596. The molecule has 9 heteroatoms. The largest absolute Gasteiger partial charge is 0.496 e. The molecule has 1 heterocycles. The third-order valence-electron chi connectivity index (χ3n) is 4.23. The van der Waals surface area contributed by atoms with Crippen molar-refractivity contribution in [3.05, 3.63) is 23.8 Å². The summed E-state index contributed by atoms with van der Waals surface area (Å²) in [5.74, 6) is -0.379. The molecular formula is C15H23ClN2O5S. The predicted octanol–water partition coefficient (Wildman–Crippen LogP) is 1.26. The first-order chi connectivity index (χ1) is 10.8. The zero-order valence-corrected chi connectivity index (χ0v) is 15.6. The Hall–Kier alpha value is -1.35. The highest BCUT2D eigenvalue weighted by atomic mass is 35.5. The molecule has 1 aliphatic rings. The zero-order valence-electron chi connectivity index (χ0n) is 13.9. The number of rotatable bonds is 5. The second-order valence-electron chi connectivity index (χ2n) is 5.96. The number of nitrogens with two attached hydrogens (primary N) is 1. The van der Waals surface area contributed by atoms with Crippen molar-refractivity contribution in [2.45, 2.75) is 18.2 Å². The molecule has 1 fully saturated rings. The van der Waals surface area contributed by atoms with Crippen LogP contribution >= 0.6 is 12.4 Å². The highest BCUT2D eigenvalue weighted by Crippen LogP contribution is 2.33. The number of hydrogen-bond acceptors (Lipinski definition) is 6. The molecule has 7 nitrogen and oxygen atoms in total. The standard InChI is InChI=1S/C15H22N2O5S.ClH/c1-15(9-16)6-7-17(10-15)23(19,20)11-4-5-13(21-2)12(8-11)14(18)22-3;/h4-5,8H,6-7,9-10,16H2,1-3H3;1H. The number of carbonyl (C=O) groups is 1. The first kappa shape index (κ1) is 20.7. The van der Waals surface area contributed by atoms with Crippen LogP contribution in [0.3, 0.4) is 0 Å². The molecule has 1 unspecified atom stereocenters. The fourth-order valence-electron chi connectivity index (χ4n) is 2.62. The van der Waals surface area contributed by atoms with Crippen LogP contribution in [-0.2, 0) is 14.8 Å². The molecule has 0 aliphatic carbocycles. The Bertz CT molecular complexity index is 710. The monoisotopic (exact) mass is 378 g/mol. The fourth-order valence-corrected chi connectivity index (χ4v) is 4.23. The van der Waals surface area contributed by atoms with Gasteiger partial charge >= 0.3 is 5.97 Å². The van der Waals surface area contributed by atoms with E-state index in [2.05, 4.69) is 4.74 Å². The van der Waals surface area contributed by atoms with Gasteiger partial charge in [-0.1, -0.05) is 6.92 Å². The number of methoxy groups -OCH3 is 2. The summed E-state index contributed by atoms with van der Waals surface area (Å²) in [4.78, 5) is 11.9. The molecule has 24 heavy (non-hydrogen) atoms. The average molecular weight is 379 g/mol. The minimum atomic E-state index is -3.69. The van der Waals surface area contributed by atoms with E-state index in [0.717, 1.165) is 0 Å². The van der Waals surface area contributed by atoms with Gasteiger partial charge in [0.25, 0.3) is 0 Å². The maximum atomic E-state index is 12.8. The second-order valence-corrected chi connectivity index (χ2v) is 7.89. The number of halogens is 1. The van der Waals surface area contributed by atoms with Crippen molar-refractivity contribution < 1.29 is 22.7 Å². The van der Waals surface area contributed by atoms with Crippen LogP contribution < -0.4 is 10.5 Å². The number of esters is 1. The Morgan fingerprint density at radius 2 is 2.04 bits per heavy atom. The topological polar surface area (TPSA) is 98.9 Å². The van der Waals surface area contributed by atoms with Crippen molar-refractivity contribution in [3.63, 3.8) is 0 Å². The van der Waals surface area contributed by atoms with Crippen LogP contribution in [0.5, 0.6) is 5.75 Å². The molecular weight excluding hydrogens is 356 g/mol. The van der Waals surface area contributed by atoms with Gasteiger partial charge < -0.3 is 15.2 Å². The van der Waals surface area contributed by atoms with Crippen LogP contribution in [-0.4, -0.2) is 52.5 Å². The molecule has 0 amide bonds. The maximum Gasteiger partial charge on any atom is 0.341 e. The van der Waals surface area contributed by atoms with Gasteiger partial charge in [0, 0.05) is 13.1 Å². The Kier molecular flexibility index (Phi) is 6.63. The van der Waals surface area contributed by atoms with Crippen molar-refractivity contribution in [2.24, 2.45) is 11.1 Å². The fraction of sp³-hybridized carbons (Fsp3) is 0.533. The summed E-state index contributed by atoms with van der Waals surface area (Å²) in [7, 11) is -1.06. The van der Waals surface area contributed by atoms with E-state index in [0.29, 0.717) is 26.1 Å². The summed E-state index contributed by atoms with van der Waals surface area (Å²) >= 11 is 0. The van der Waals surface area contributed by atoms with Gasteiger partial charge in [-0.15, -0.1) is 12.4 Å². The van der Waals surface area contributed by atoms with Crippen LogP contribution in [0.2, 0.25) is 0 Å². The van der Waals surface area contributed by atoms with Gasteiger partial charge in [-0.25, -0.2) is 13.2 Å². The molecule has 0 spiro atoms. The van der Waals surface area contributed by atoms with Gasteiger partial charge in [-0.3, -0.25) is 0 Å². The van der Waals surface area contributed by atoms with E-state index < -0.39 is 16.0 Å². The number of sulfonamides is 1. The smallest absolute Gasteiger partial charge is 0.341 e. The molecule has 0 aromatic heterocycles. The van der Waals surface area contributed by atoms with Crippen LogP contribution in [0, 0.1) is 5.41 Å². The van der Waals surface area contributed by atoms with E-state index in [1.165, 1.54) is 36.7 Å². The van der Waals surface area contributed by atoms with E-state index in [4.69, 9.17) is 10.5 Å². The van der Waals surface area contributed by atoms with Gasteiger partial charge in [0.05, 0.1) is 19.1 Å². The van der Waals surface area contributed by atoms with Crippen LogP contribution in [0.4, 0.5) is 0 Å². The third-order valence-corrected chi connectivity index (χ3v) is 6.07. The van der Waals surface area contributed by atoms with E-state index in [1.807, 2.05) is 6.92 Å². The van der Waals surface area contributed by atoms with E-state index >= 15 is 0 Å². The summed E-state index contributed by atoms with van der Waals surface area (Å²) < 4.78 is 36.8. The molecule has 0 radical (unpaired) electrons. The molecule has 1 aromatic rings. The van der Waals surface area contributed by atoms with Gasteiger partial charge in [0.15, 0.2) is 0 Å². The second kappa shape index (κ2) is 7.69.